The second-order valence-electron chi connectivity index (χ2n) is 4.06. The third-order valence-corrected chi connectivity index (χ3v) is 4.20. The minimum Gasteiger partial charge on any atom is -0.368 e. The molecular formula is C11H9N7O2S2. The van der Waals surface area contributed by atoms with Gasteiger partial charge in [0.15, 0.2) is 0 Å². The van der Waals surface area contributed by atoms with E-state index in [4.69, 9.17) is 5.73 Å². The third kappa shape index (κ3) is 2.63. The maximum Gasteiger partial charge on any atom is 0.269 e. The number of hydrogen-bond donors (Lipinski definition) is 1. The van der Waals surface area contributed by atoms with Crippen LogP contribution in [0.15, 0.2) is 29.4 Å². The Morgan fingerprint density at radius 2 is 2.05 bits per heavy atom. The molecule has 0 fully saturated rings. The van der Waals surface area contributed by atoms with Crippen molar-refractivity contribution in [3.05, 3.63) is 34.4 Å². The van der Waals surface area contributed by atoms with Crippen LogP contribution in [-0.2, 0) is 0 Å². The summed E-state index contributed by atoms with van der Waals surface area (Å²) >= 11 is 2.65. The van der Waals surface area contributed by atoms with Gasteiger partial charge in [-0.25, -0.2) is 0 Å². The first kappa shape index (κ1) is 14.4. The van der Waals surface area contributed by atoms with Gasteiger partial charge in [-0.15, -0.1) is 15.3 Å². The van der Waals surface area contributed by atoms with E-state index in [1.807, 2.05) is 6.26 Å². The number of nitro groups is 1. The first-order chi connectivity index (χ1) is 10.6. The lowest BCUT2D eigenvalue weighted by molar-refractivity contribution is -0.384. The number of nitrogens with two attached hydrogens (primary N) is 1. The van der Waals surface area contributed by atoms with Crippen molar-refractivity contribution in [3.63, 3.8) is 0 Å². The predicted octanol–water partition coefficient (Wildman–Crippen LogP) is 2.00. The van der Waals surface area contributed by atoms with Crippen LogP contribution in [0, 0.1) is 10.1 Å². The monoisotopic (exact) mass is 335 g/mol. The van der Waals surface area contributed by atoms with Gasteiger partial charge in [-0.05, 0) is 18.4 Å². The van der Waals surface area contributed by atoms with Crippen molar-refractivity contribution in [1.82, 2.24) is 25.0 Å². The maximum atomic E-state index is 10.7. The average Bonchev–Trinajstić information content (AvgIpc) is 3.13. The SMILES string of the molecule is CSc1nc(N)n(-c2nnc(-c3ccc([N+](=O)[O-])cc3)s2)n1. The molecule has 0 spiro atoms. The van der Waals surface area contributed by atoms with Gasteiger partial charge in [-0.2, -0.15) is 9.67 Å². The van der Waals surface area contributed by atoms with Crippen molar-refractivity contribution >= 4 is 34.7 Å². The molecule has 2 aromatic heterocycles. The number of benzene rings is 1. The Balaban J connectivity index is 1.93. The molecule has 1 aromatic carbocycles. The van der Waals surface area contributed by atoms with Crippen molar-refractivity contribution in [2.75, 3.05) is 12.0 Å². The zero-order valence-corrected chi connectivity index (χ0v) is 12.8. The lowest BCUT2D eigenvalue weighted by atomic mass is 10.2. The number of anilines is 1. The summed E-state index contributed by atoms with van der Waals surface area (Å²) in [5, 5.41) is 24.6. The normalized spacial score (nSPS) is 10.8. The molecule has 0 aliphatic carbocycles. The number of hydrogen-bond acceptors (Lipinski definition) is 9. The number of nitro benzene ring substituents is 1. The van der Waals surface area contributed by atoms with Crippen LogP contribution in [0.25, 0.3) is 15.7 Å². The van der Waals surface area contributed by atoms with Crippen LogP contribution in [0.1, 0.15) is 0 Å². The van der Waals surface area contributed by atoms with Gasteiger partial charge in [0.05, 0.1) is 4.92 Å². The molecule has 0 aliphatic rings. The maximum absolute atomic E-state index is 10.7. The van der Waals surface area contributed by atoms with E-state index in [-0.39, 0.29) is 11.6 Å². The molecule has 0 amide bonds. The van der Waals surface area contributed by atoms with Crippen molar-refractivity contribution < 1.29 is 4.92 Å². The molecule has 0 bridgehead atoms. The van der Waals surface area contributed by atoms with E-state index in [0.717, 1.165) is 5.56 Å². The summed E-state index contributed by atoms with van der Waals surface area (Å²) in [5.41, 5.74) is 6.55. The summed E-state index contributed by atoms with van der Waals surface area (Å²) in [6, 6.07) is 6.10. The fraction of sp³-hybridized carbons (Fsp3) is 0.0909. The van der Waals surface area contributed by atoms with E-state index in [0.29, 0.717) is 15.3 Å². The summed E-state index contributed by atoms with van der Waals surface area (Å²) in [7, 11) is 0. The second-order valence-corrected chi connectivity index (χ2v) is 5.79. The van der Waals surface area contributed by atoms with Crippen LogP contribution in [0.5, 0.6) is 0 Å². The highest BCUT2D eigenvalue weighted by Crippen LogP contribution is 2.28. The lowest BCUT2D eigenvalue weighted by Gasteiger charge is -1.95. The average molecular weight is 335 g/mol. The van der Waals surface area contributed by atoms with Crippen LogP contribution >= 0.6 is 23.1 Å². The highest BCUT2D eigenvalue weighted by molar-refractivity contribution is 7.98. The third-order valence-electron chi connectivity index (χ3n) is 2.72. The molecule has 22 heavy (non-hydrogen) atoms. The topological polar surface area (TPSA) is 126 Å². The fourth-order valence-corrected chi connectivity index (χ4v) is 2.83. The zero-order chi connectivity index (χ0) is 15.7. The van der Waals surface area contributed by atoms with Gasteiger partial charge < -0.3 is 5.73 Å². The van der Waals surface area contributed by atoms with Gasteiger partial charge in [0.2, 0.25) is 16.2 Å². The lowest BCUT2D eigenvalue weighted by Crippen LogP contribution is -2.01. The summed E-state index contributed by atoms with van der Waals surface area (Å²) in [6.07, 6.45) is 1.85. The molecule has 0 saturated carbocycles. The molecular weight excluding hydrogens is 326 g/mol. The first-order valence-corrected chi connectivity index (χ1v) is 7.98. The largest absolute Gasteiger partial charge is 0.368 e. The molecule has 11 heteroatoms. The Bertz CT molecular complexity index is 827. The van der Waals surface area contributed by atoms with E-state index in [9.17, 15) is 10.1 Å². The standard InChI is InChI=1S/C11H9N7O2S2/c1-21-10-13-9(12)17(16-10)11-15-14-8(22-11)6-2-4-7(5-3-6)18(19)20/h2-5H,1H3,(H2,12,13,16). The molecule has 0 saturated heterocycles. The number of rotatable bonds is 4. The molecule has 0 aliphatic heterocycles. The number of thioether (sulfide) groups is 1. The van der Waals surface area contributed by atoms with Crippen LogP contribution in [0.3, 0.4) is 0 Å². The Morgan fingerprint density at radius 3 is 2.64 bits per heavy atom. The van der Waals surface area contributed by atoms with Crippen LogP contribution in [0.4, 0.5) is 11.6 Å². The minimum absolute atomic E-state index is 0.0265. The van der Waals surface area contributed by atoms with E-state index in [2.05, 4.69) is 20.3 Å². The summed E-state index contributed by atoms with van der Waals surface area (Å²) in [6.45, 7) is 0. The molecule has 0 unspecified atom stereocenters. The van der Waals surface area contributed by atoms with Crippen LogP contribution in [-0.4, -0.2) is 36.1 Å². The molecule has 2 N–H and O–H groups in total. The van der Waals surface area contributed by atoms with Crippen LogP contribution < -0.4 is 5.73 Å². The molecule has 3 aromatic rings. The quantitative estimate of drug-likeness (QED) is 0.436. The Kier molecular flexibility index (Phi) is 3.73. The van der Waals surface area contributed by atoms with Gasteiger partial charge in [0.1, 0.15) is 5.01 Å². The van der Waals surface area contributed by atoms with Crippen molar-refractivity contribution in [2.45, 2.75) is 5.16 Å². The number of nitrogen functional groups attached to an aromatic ring is 1. The predicted molar refractivity (Wildman–Crippen MR) is 83.1 cm³/mol. The fourth-order valence-electron chi connectivity index (χ4n) is 1.68. The Morgan fingerprint density at radius 1 is 1.32 bits per heavy atom. The van der Waals surface area contributed by atoms with E-state index in [1.54, 1.807) is 12.1 Å². The van der Waals surface area contributed by atoms with Crippen LogP contribution in [0.2, 0.25) is 0 Å². The first-order valence-electron chi connectivity index (χ1n) is 5.93. The highest BCUT2D eigenvalue weighted by Gasteiger charge is 2.14. The van der Waals surface area contributed by atoms with Gasteiger partial charge in [0.25, 0.3) is 5.69 Å². The highest BCUT2D eigenvalue weighted by atomic mass is 32.2. The summed E-state index contributed by atoms with van der Waals surface area (Å²) in [4.78, 5) is 14.3. The smallest absolute Gasteiger partial charge is 0.269 e. The summed E-state index contributed by atoms with van der Waals surface area (Å²) < 4.78 is 1.42. The molecule has 0 atom stereocenters. The number of non-ortho nitro benzene ring substituents is 1. The van der Waals surface area contributed by atoms with E-state index in [1.165, 1.54) is 39.9 Å². The molecule has 112 valence electrons. The minimum atomic E-state index is -0.449. The second kappa shape index (κ2) is 5.69. The molecule has 2 heterocycles. The number of nitrogens with zero attached hydrogens (tertiary/aromatic N) is 6. The van der Waals surface area contributed by atoms with Gasteiger partial charge in [-0.1, -0.05) is 23.1 Å². The summed E-state index contributed by atoms with van der Waals surface area (Å²) in [5.74, 6) is 0.232. The molecule has 0 radical (unpaired) electrons. The van der Waals surface area contributed by atoms with Crippen molar-refractivity contribution in [2.24, 2.45) is 0 Å². The molecule has 3 rings (SSSR count). The van der Waals surface area contributed by atoms with Gasteiger partial charge in [-0.3, -0.25) is 10.1 Å². The van der Waals surface area contributed by atoms with Crippen molar-refractivity contribution in [3.8, 4) is 15.7 Å². The van der Waals surface area contributed by atoms with E-state index >= 15 is 0 Å². The van der Waals surface area contributed by atoms with E-state index < -0.39 is 4.92 Å². The van der Waals surface area contributed by atoms with Crippen molar-refractivity contribution in [1.29, 1.82) is 0 Å². The molecule has 9 nitrogen and oxygen atoms in total. The Hall–Kier alpha value is -2.53. The zero-order valence-electron chi connectivity index (χ0n) is 11.2. The van der Waals surface area contributed by atoms with Gasteiger partial charge >= 0.3 is 0 Å². The Labute approximate surface area is 132 Å². The van der Waals surface area contributed by atoms with Gasteiger partial charge in [0, 0.05) is 17.7 Å². The number of aromatic nitrogens is 5.